The molecule has 1 unspecified atom stereocenters. The van der Waals surface area contributed by atoms with E-state index in [0.717, 1.165) is 5.56 Å². The zero-order chi connectivity index (χ0) is 16.8. The maximum Gasteiger partial charge on any atom is 0.258 e. The van der Waals surface area contributed by atoms with Gasteiger partial charge in [0, 0.05) is 21.1 Å². The number of ether oxygens (including phenoxy) is 1. The molecule has 23 heavy (non-hydrogen) atoms. The lowest BCUT2D eigenvalue weighted by Gasteiger charge is -2.21. The zero-order valence-electron chi connectivity index (χ0n) is 13.4. The Balaban J connectivity index is 2.25. The molecular formula is C18H20N2O3. The molecule has 0 bridgehead atoms. The average Bonchev–Trinajstić information content (AvgIpc) is 2.56. The summed E-state index contributed by atoms with van der Waals surface area (Å²) >= 11 is 0. The Morgan fingerprint density at radius 1 is 1.04 bits per heavy atom. The number of amides is 2. The van der Waals surface area contributed by atoms with Crippen molar-refractivity contribution in [1.29, 1.82) is 0 Å². The van der Waals surface area contributed by atoms with Crippen LogP contribution in [0.25, 0.3) is 0 Å². The molecule has 2 aromatic carbocycles. The van der Waals surface area contributed by atoms with Crippen molar-refractivity contribution in [3.63, 3.8) is 0 Å². The number of nitrogens with zero attached hydrogens (tertiary/aromatic N) is 1. The van der Waals surface area contributed by atoms with Crippen LogP contribution in [0.1, 0.15) is 18.6 Å². The lowest BCUT2D eigenvalue weighted by molar-refractivity contribution is -0.126. The van der Waals surface area contributed by atoms with E-state index < -0.39 is 6.10 Å². The molecule has 0 saturated carbocycles. The van der Waals surface area contributed by atoms with Gasteiger partial charge in [0.2, 0.25) is 5.91 Å². The lowest BCUT2D eigenvalue weighted by Crippen LogP contribution is -2.27. The van der Waals surface area contributed by atoms with E-state index in [0.29, 0.717) is 11.4 Å². The molecule has 0 spiro atoms. The highest BCUT2D eigenvalue weighted by molar-refractivity contribution is 6.01. The highest BCUT2D eigenvalue weighted by Gasteiger charge is 2.21. The van der Waals surface area contributed by atoms with Crippen molar-refractivity contribution < 1.29 is 14.3 Å². The topological polar surface area (TPSA) is 58.6 Å². The first-order valence-corrected chi connectivity index (χ1v) is 7.26. The van der Waals surface area contributed by atoms with Crippen molar-refractivity contribution in [3.05, 3.63) is 60.2 Å². The summed E-state index contributed by atoms with van der Waals surface area (Å²) < 4.78 is 5.33. The highest BCUT2D eigenvalue weighted by Crippen LogP contribution is 2.26. The van der Waals surface area contributed by atoms with E-state index in [-0.39, 0.29) is 11.8 Å². The minimum atomic E-state index is -0.716. The fourth-order valence-corrected chi connectivity index (χ4v) is 2.26. The predicted octanol–water partition coefficient (Wildman–Crippen LogP) is 3.00. The maximum atomic E-state index is 12.5. The van der Waals surface area contributed by atoms with Crippen LogP contribution in [0.4, 0.5) is 11.4 Å². The van der Waals surface area contributed by atoms with Gasteiger partial charge >= 0.3 is 0 Å². The number of carbonyl (C=O) groups is 2. The third-order valence-electron chi connectivity index (χ3n) is 3.57. The number of para-hydroxylation sites is 2. The van der Waals surface area contributed by atoms with Crippen molar-refractivity contribution >= 4 is 23.2 Å². The number of rotatable bonds is 5. The summed E-state index contributed by atoms with van der Waals surface area (Å²) in [7, 11) is 3.16. The molecule has 1 atom stereocenters. The largest absolute Gasteiger partial charge is 0.367 e. The first-order chi connectivity index (χ1) is 11.0. The fourth-order valence-electron chi connectivity index (χ4n) is 2.26. The van der Waals surface area contributed by atoms with Gasteiger partial charge in [-0.05, 0) is 17.7 Å². The third-order valence-corrected chi connectivity index (χ3v) is 3.57. The average molecular weight is 312 g/mol. The van der Waals surface area contributed by atoms with Crippen LogP contribution in [0.2, 0.25) is 0 Å². The molecule has 0 aliphatic rings. The monoisotopic (exact) mass is 312 g/mol. The van der Waals surface area contributed by atoms with E-state index in [4.69, 9.17) is 4.74 Å². The lowest BCUT2D eigenvalue weighted by atomic mass is 10.1. The number of carbonyl (C=O) groups excluding carboxylic acids is 2. The van der Waals surface area contributed by atoms with Crippen molar-refractivity contribution in [1.82, 2.24) is 0 Å². The molecule has 0 aromatic heterocycles. The number of methoxy groups -OCH3 is 1. The molecule has 2 rings (SSSR count). The third kappa shape index (κ3) is 3.96. The number of hydrogen-bond acceptors (Lipinski definition) is 3. The van der Waals surface area contributed by atoms with E-state index in [1.165, 1.54) is 18.9 Å². The van der Waals surface area contributed by atoms with Gasteiger partial charge in [0.15, 0.2) is 6.10 Å². The smallest absolute Gasteiger partial charge is 0.258 e. The van der Waals surface area contributed by atoms with Crippen LogP contribution in [0.5, 0.6) is 0 Å². The van der Waals surface area contributed by atoms with Crippen molar-refractivity contribution in [3.8, 4) is 0 Å². The van der Waals surface area contributed by atoms with Crippen molar-refractivity contribution in [2.75, 3.05) is 24.4 Å². The molecule has 0 aliphatic carbocycles. The first kappa shape index (κ1) is 16.7. The number of hydrogen-bond donors (Lipinski definition) is 1. The zero-order valence-corrected chi connectivity index (χ0v) is 13.4. The van der Waals surface area contributed by atoms with Crippen molar-refractivity contribution in [2.24, 2.45) is 0 Å². The van der Waals surface area contributed by atoms with Gasteiger partial charge in [0.05, 0.1) is 11.4 Å². The van der Waals surface area contributed by atoms with Gasteiger partial charge in [-0.25, -0.2) is 0 Å². The molecule has 0 radical (unpaired) electrons. The summed E-state index contributed by atoms with van der Waals surface area (Å²) in [5.41, 5.74) is 1.97. The second kappa shape index (κ2) is 7.56. The minimum Gasteiger partial charge on any atom is -0.367 e. The van der Waals surface area contributed by atoms with E-state index in [1.54, 1.807) is 25.2 Å². The minimum absolute atomic E-state index is 0.113. The SMILES string of the molecule is COC(C(=O)Nc1ccccc1N(C)C(C)=O)c1ccccc1. The van der Waals surface area contributed by atoms with Crippen LogP contribution >= 0.6 is 0 Å². The number of benzene rings is 2. The molecule has 0 fully saturated rings. The molecule has 1 N–H and O–H groups in total. The van der Waals surface area contributed by atoms with Crippen LogP contribution in [-0.2, 0) is 14.3 Å². The van der Waals surface area contributed by atoms with E-state index in [1.807, 2.05) is 36.4 Å². The molecule has 5 heteroatoms. The van der Waals surface area contributed by atoms with Gasteiger partial charge in [-0.2, -0.15) is 0 Å². The summed E-state index contributed by atoms with van der Waals surface area (Å²) in [5, 5.41) is 2.84. The Morgan fingerprint density at radius 3 is 2.26 bits per heavy atom. The van der Waals surface area contributed by atoms with Crippen LogP contribution < -0.4 is 10.2 Å². The highest BCUT2D eigenvalue weighted by atomic mass is 16.5. The second-order valence-corrected chi connectivity index (χ2v) is 5.11. The molecule has 120 valence electrons. The summed E-state index contributed by atoms with van der Waals surface area (Å²) in [5.74, 6) is -0.402. The molecule has 2 amide bonds. The van der Waals surface area contributed by atoms with E-state index in [9.17, 15) is 9.59 Å². The van der Waals surface area contributed by atoms with Crippen LogP contribution in [0, 0.1) is 0 Å². The van der Waals surface area contributed by atoms with Crippen molar-refractivity contribution in [2.45, 2.75) is 13.0 Å². The maximum absolute atomic E-state index is 12.5. The Labute approximate surface area is 135 Å². The van der Waals surface area contributed by atoms with Gasteiger partial charge in [0.25, 0.3) is 5.91 Å². The predicted molar refractivity (Wildman–Crippen MR) is 90.3 cm³/mol. The standard InChI is InChI=1S/C18H20N2O3/c1-13(21)20(2)16-12-8-7-11-15(16)19-18(22)17(23-3)14-9-5-4-6-10-14/h4-12,17H,1-3H3,(H,19,22). The quantitative estimate of drug-likeness (QED) is 0.923. The fraction of sp³-hybridized carbons (Fsp3) is 0.222. The normalized spacial score (nSPS) is 11.6. The van der Waals surface area contributed by atoms with Crippen LogP contribution in [0.15, 0.2) is 54.6 Å². The number of nitrogens with one attached hydrogen (secondary N) is 1. The molecule has 0 heterocycles. The Morgan fingerprint density at radius 2 is 1.65 bits per heavy atom. The molecule has 0 aliphatic heterocycles. The second-order valence-electron chi connectivity index (χ2n) is 5.11. The van der Waals surface area contributed by atoms with Crippen LogP contribution in [-0.4, -0.2) is 26.0 Å². The van der Waals surface area contributed by atoms with Gasteiger partial charge in [0.1, 0.15) is 0 Å². The molecule has 2 aromatic rings. The summed E-state index contributed by atoms with van der Waals surface area (Å²) in [6, 6.07) is 16.4. The summed E-state index contributed by atoms with van der Waals surface area (Å²) in [6.45, 7) is 1.47. The number of anilines is 2. The Hall–Kier alpha value is -2.66. The van der Waals surface area contributed by atoms with Crippen LogP contribution in [0.3, 0.4) is 0 Å². The molecule has 0 saturated heterocycles. The van der Waals surface area contributed by atoms with E-state index in [2.05, 4.69) is 5.32 Å². The summed E-state index contributed by atoms with van der Waals surface area (Å²) in [6.07, 6.45) is -0.716. The van der Waals surface area contributed by atoms with Gasteiger partial charge in [-0.3, -0.25) is 9.59 Å². The van der Waals surface area contributed by atoms with Gasteiger partial charge in [-0.1, -0.05) is 42.5 Å². The first-order valence-electron chi connectivity index (χ1n) is 7.26. The Bertz CT molecular complexity index is 686. The van der Waals surface area contributed by atoms with Gasteiger partial charge < -0.3 is 15.0 Å². The molecule has 5 nitrogen and oxygen atoms in total. The molecular weight excluding hydrogens is 292 g/mol. The summed E-state index contributed by atoms with van der Waals surface area (Å²) in [4.78, 5) is 25.6. The van der Waals surface area contributed by atoms with E-state index >= 15 is 0 Å². The Kier molecular flexibility index (Phi) is 5.49. The van der Waals surface area contributed by atoms with Gasteiger partial charge in [-0.15, -0.1) is 0 Å².